The van der Waals surface area contributed by atoms with Gasteiger partial charge < -0.3 is 40.9 Å². The third-order valence-electron chi connectivity index (χ3n) is 6.65. The molecule has 6 N–H and O–H groups in total. The van der Waals surface area contributed by atoms with E-state index < -0.39 is 41.3 Å². The lowest BCUT2D eigenvalue weighted by molar-refractivity contribution is -0.155. The lowest BCUT2D eigenvalue weighted by Crippen LogP contribution is -2.42. The molecule has 2 heterocycles. The largest absolute Gasteiger partial charge is 0.467 e. The van der Waals surface area contributed by atoms with Gasteiger partial charge in [0.05, 0.1) is 29.7 Å². The second-order valence-corrected chi connectivity index (χ2v) is 11.6. The highest BCUT2D eigenvalue weighted by Crippen LogP contribution is 2.28. The number of nitrogens with two attached hydrogens (primary N) is 1. The summed E-state index contributed by atoms with van der Waals surface area (Å²) in [5, 5.41) is 7.69. The van der Waals surface area contributed by atoms with Gasteiger partial charge in [0, 0.05) is 43.2 Å². The van der Waals surface area contributed by atoms with Crippen LogP contribution in [0.3, 0.4) is 0 Å². The zero-order chi connectivity index (χ0) is 34.8. The number of pyridine rings is 1. The minimum atomic E-state index is -1.08. The van der Waals surface area contributed by atoms with Crippen molar-refractivity contribution in [2.45, 2.75) is 51.8 Å². The van der Waals surface area contributed by atoms with Gasteiger partial charge in [-0.25, -0.2) is 14.0 Å². The number of nitrogens with zero attached hydrogens (tertiary/aromatic N) is 1. The van der Waals surface area contributed by atoms with E-state index in [1.54, 1.807) is 51.1 Å². The molecule has 0 saturated carbocycles. The first-order chi connectivity index (χ1) is 22.8. The second kappa shape index (κ2) is 15.7. The van der Waals surface area contributed by atoms with E-state index in [2.05, 4.69) is 25.9 Å². The summed E-state index contributed by atoms with van der Waals surface area (Å²) >= 11 is 0. The first-order valence-electron chi connectivity index (χ1n) is 14.9. The summed E-state index contributed by atoms with van der Waals surface area (Å²) in [6.07, 6.45) is 2.80. The Bertz CT molecular complexity index is 1790. The molecule has 0 spiro atoms. The molecule has 0 unspecified atom stereocenters. The van der Waals surface area contributed by atoms with Crippen molar-refractivity contribution in [1.29, 1.82) is 0 Å². The van der Waals surface area contributed by atoms with Gasteiger partial charge in [0.2, 0.25) is 0 Å². The van der Waals surface area contributed by atoms with Crippen LogP contribution in [0.4, 0.5) is 20.6 Å². The molecule has 4 rings (SSSR count). The number of rotatable bonds is 12. The number of benzene rings is 2. The molecule has 2 aromatic carbocycles. The van der Waals surface area contributed by atoms with E-state index in [0.717, 1.165) is 11.6 Å². The standard InChI is InChI=1S/C34H37FN6O7/c1-34(2,3)48-30(42)11-10-27(32(44)46-4)40-31(43)21-15-28(38-19-21)29-17-24(12-13-37-29)47-23-8-9-26(25(35)16-23)41-33(45)39-22-7-5-6-20(14-22)18-36/h5-9,12-17,19,27,38H,10-11,18,36H2,1-4H3,(H,40,43)(H2,39,41,45)/t27-/m0/s1. The molecule has 48 heavy (non-hydrogen) atoms. The number of esters is 2. The number of urea groups is 1. The van der Waals surface area contributed by atoms with Crippen LogP contribution in [-0.4, -0.2) is 52.6 Å². The van der Waals surface area contributed by atoms with Crippen LogP contribution in [0.5, 0.6) is 11.5 Å². The zero-order valence-corrected chi connectivity index (χ0v) is 26.9. The summed E-state index contributed by atoms with van der Waals surface area (Å²) in [5.74, 6) is -2.02. The zero-order valence-electron chi connectivity index (χ0n) is 26.9. The Morgan fingerprint density at radius 1 is 1.00 bits per heavy atom. The molecule has 3 amide bonds. The van der Waals surface area contributed by atoms with Gasteiger partial charge in [-0.15, -0.1) is 0 Å². The lowest BCUT2D eigenvalue weighted by Gasteiger charge is -2.21. The number of ether oxygens (including phenoxy) is 3. The lowest BCUT2D eigenvalue weighted by atomic mass is 10.1. The van der Waals surface area contributed by atoms with E-state index in [1.807, 2.05) is 6.07 Å². The molecule has 0 bridgehead atoms. The van der Waals surface area contributed by atoms with Crippen LogP contribution in [-0.2, 0) is 25.6 Å². The Kier molecular flexibility index (Phi) is 11.5. The fraction of sp³-hybridized carbons (Fsp3) is 0.265. The highest BCUT2D eigenvalue weighted by Gasteiger charge is 2.25. The highest BCUT2D eigenvalue weighted by atomic mass is 19.1. The van der Waals surface area contributed by atoms with Crippen LogP contribution in [0.15, 0.2) is 73.1 Å². The summed E-state index contributed by atoms with van der Waals surface area (Å²) in [6.45, 7) is 5.51. The Labute approximate surface area is 276 Å². The molecular weight excluding hydrogens is 623 g/mol. The number of carbonyl (C=O) groups excluding carboxylic acids is 4. The molecule has 0 aliphatic heterocycles. The van der Waals surface area contributed by atoms with E-state index in [9.17, 15) is 23.6 Å². The number of anilines is 2. The number of methoxy groups -OCH3 is 1. The number of amides is 3. The molecule has 13 nitrogen and oxygen atoms in total. The molecule has 0 aliphatic carbocycles. The molecule has 0 fully saturated rings. The fourth-order valence-electron chi connectivity index (χ4n) is 4.44. The molecule has 0 radical (unpaired) electrons. The summed E-state index contributed by atoms with van der Waals surface area (Å²) in [7, 11) is 1.19. The third kappa shape index (κ3) is 10.1. The number of hydrogen-bond acceptors (Lipinski definition) is 9. The maximum Gasteiger partial charge on any atom is 0.328 e. The molecule has 4 aromatic rings. The first-order valence-corrected chi connectivity index (χ1v) is 14.9. The van der Waals surface area contributed by atoms with E-state index in [1.165, 1.54) is 37.7 Å². The molecule has 1 atom stereocenters. The predicted molar refractivity (Wildman–Crippen MR) is 176 cm³/mol. The fourth-order valence-corrected chi connectivity index (χ4v) is 4.44. The van der Waals surface area contributed by atoms with Crippen molar-refractivity contribution in [3.63, 3.8) is 0 Å². The van der Waals surface area contributed by atoms with Crippen LogP contribution in [0.25, 0.3) is 11.4 Å². The third-order valence-corrected chi connectivity index (χ3v) is 6.65. The molecule has 0 saturated heterocycles. The number of aromatic nitrogens is 2. The average Bonchev–Trinajstić information content (AvgIpc) is 3.54. The topological polar surface area (TPSA) is 187 Å². The Morgan fingerprint density at radius 3 is 2.48 bits per heavy atom. The van der Waals surface area contributed by atoms with Gasteiger partial charge in [0.1, 0.15) is 29.0 Å². The Morgan fingerprint density at radius 2 is 1.77 bits per heavy atom. The van der Waals surface area contributed by atoms with Gasteiger partial charge in [-0.2, -0.15) is 0 Å². The monoisotopic (exact) mass is 660 g/mol. The Hall–Kier alpha value is -5.76. The minimum absolute atomic E-state index is 0.0138. The smallest absolute Gasteiger partial charge is 0.328 e. The second-order valence-electron chi connectivity index (χ2n) is 11.6. The Balaban J connectivity index is 1.37. The first kappa shape index (κ1) is 35.1. The summed E-state index contributed by atoms with van der Waals surface area (Å²) < 4.78 is 30.8. The number of H-pyrrole nitrogens is 1. The normalized spacial score (nSPS) is 11.6. The van der Waals surface area contributed by atoms with Gasteiger partial charge in [0.25, 0.3) is 5.91 Å². The number of halogens is 1. The van der Waals surface area contributed by atoms with E-state index in [4.69, 9.17) is 19.9 Å². The van der Waals surface area contributed by atoms with Crippen LogP contribution < -0.4 is 26.4 Å². The molecule has 2 aromatic heterocycles. The molecule has 0 aliphatic rings. The molecular formula is C34H37FN6O7. The number of nitrogens with one attached hydrogen (secondary N) is 4. The van der Waals surface area contributed by atoms with Gasteiger partial charge in [0.15, 0.2) is 0 Å². The molecule has 252 valence electrons. The number of hydrogen-bond donors (Lipinski definition) is 5. The van der Waals surface area contributed by atoms with Crippen LogP contribution in [0, 0.1) is 5.82 Å². The highest BCUT2D eigenvalue weighted by molar-refractivity contribution is 6.00. The van der Waals surface area contributed by atoms with Crippen LogP contribution >= 0.6 is 0 Å². The molecule has 14 heteroatoms. The summed E-state index contributed by atoms with van der Waals surface area (Å²) in [4.78, 5) is 57.1. The van der Waals surface area contributed by atoms with Gasteiger partial charge in [-0.1, -0.05) is 12.1 Å². The van der Waals surface area contributed by atoms with Crippen molar-refractivity contribution in [3.05, 3.63) is 90.0 Å². The van der Waals surface area contributed by atoms with Gasteiger partial charge in [-0.05, 0) is 69.2 Å². The summed E-state index contributed by atoms with van der Waals surface area (Å²) in [5.41, 5.74) is 7.31. The van der Waals surface area contributed by atoms with Gasteiger partial charge >= 0.3 is 18.0 Å². The van der Waals surface area contributed by atoms with E-state index in [0.29, 0.717) is 29.4 Å². The quantitative estimate of drug-likeness (QED) is 0.122. The SMILES string of the molecule is COC(=O)[C@H](CCC(=O)OC(C)(C)C)NC(=O)c1c[nH]c(-c2cc(Oc3ccc(NC(=O)Nc4cccc(CN)c4)c(F)c3)ccn2)c1. The maximum absolute atomic E-state index is 14.9. The van der Waals surface area contributed by atoms with Crippen molar-refractivity contribution >= 4 is 35.3 Å². The van der Waals surface area contributed by atoms with Crippen molar-refractivity contribution in [3.8, 4) is 22.9 Å². The van der Waals surface area contributed by atoms with E-state index >= 15 is 0 Å². The van der Waals surface area contributed by atoms with Crippen molar-refractivity contribution in [1.82, 2.24) is 15.3 Å². The van der Waals surface area contributed by atoms with Crippen LogP contribution in [0.2, 0.25) is 0 Å². The summed E-state index contributed by atoms with van der Waals surface area (Å²) in [6, 6.07) is 13.9. The van der Waals surface area contributed by atoms with Crippen molar-refractivity contribution < 1.29 is 37.8 Å². The number of carbonyl (C=O) groups is 4. The van der Waals surface area contributed by atoms with Gasteiger partial charge in [-0.3, -0.25) is 14.6 Å². The minimum Gasteiger partial charge on any atom is -0.467 e. The maximum atomic E-state index is 14.9. The van der Waals surface area contributed by atoms with Crippen molar-refractivity contribution in [2.75, 3.05) is 17.7 Å². The average molecular weight is 661 g/mol. The van der Waals surface area contributed by atoms with Crippen LogP contribution in [0.1, 0.15) is 49.5 Å². The van der Waals surface area contributed by atoms with E-state index in [-0.39, 0.29) is 29.8 Å². The number of aromatic amines is 1. The van der Waals surface area contributed by atoms with Crippen molar-refractivity contribution in [2.24, 2.45) is 5.73 Å². The predicted octanol–water partition coefficient (Wildman–Crippen LogP) is 5.50.